The molecule has 3 nitrogen and oxygen atoms in total. The average Bonchev–Trinajstić information content (AvgIpc) is 2.90. The van der Waals surface area contributed by atoms with Gasteiger partial charge in [-0.15, -0.1) is 21.5 Å². The van der Waals surface area contributed by atoms with Crippen molar-refractivity contribution in [2.75, 3.05) is 7.11 Å². The molecule has 96 valence electrons. The first-order valence-electron chi connectivity index (χ1n) is 5.44. The van der Waals surface area contributed by atoms with E-state index in [1.807, 2.05) is 11.4 Å². The lowest BCUT2D eigenvalue weighted by Gasteiger charge is -2.08. The third-order valence-corrected chi connectivity index (χ3v) is 3.96. The number of fused-ring (bicyclic) bond motifs is 1. The number of rotatable bonds is 2. The number of benzene rings is 1. The summed E-state index contributed by atoms with van der Waals surface area (Å²) >= 11 is 7.51. The van der Waals surface area contributed by atoms with Crippen LogP contribution in [0.15, 0.2) is 29.6 Å². The Morgan fingerprint density at radius 3 is 2.89 bits per heavy atom. The van der Waals surface area contributed by atoms with Crippen molar-refractivity contribution < 1.29 is 9.13 Å². The number of aromatic nitrogens is 2. The molecule has 2 aromatic heterocycles. The van der Waals surface area contributed by atoms with Gasteiger partial charge in [-0.25, -0.2) is 4.39 Å². The summed E-state index contributed by atoms with van der Waals surface area (Å²) in [5, 5.41) is 11.2. The molecule has 0 amide bonds. The van der Waals surface area contributed by atoms with Gasteiger partial charge >= 0.3 is 0 Å². The fourth-order valence-electron chi connectivity index (χ4n) is 1.89. The maximum atomic E-state index is 13.2. The quantitative estimate of drug-likeness (QED) is 0.712. The van der Waals surface area contributed by atoms with Gasteiger partial charge in [-0.1, -0.05) is 11.6 Å². The van der Waals surface area contributed by atoms with Crippen molar-refractivity contribution >= 4 is 33.0 Å². The predicted molar refractivity (Wildman–Crippen MR) is 74.4 cm³/mol. The number of thiophene rings is 1. The van der Waals surface area contributed by atoms with E-state index in [1.54, 1.807) is 6.07 Å². The number of hydrogen-bond donors (Lipinski definition) is 0. The molecular formula is C13H8ClFN2OS. The lowest BCUT2D eigenvalue weighted by molar-refractivity contribution is 0.413. The van der Waals surface area contributed by atoms with Crippen LogP contribution in [-0.4, -0.2) is 17.3 Å². The molecule has 0 aliphatic heterocycles. The molecule has 6 heteroatoms. The molecule has 0 radical (unpaired) electrons. The van der Waals surface area contributed by atoms with Gasteiger partial charge in [0.2, 0.25) is 0 Å². The van der Waals surface area contributed by atoms with Crippen LogP contribution in [0.2, 0.25) is 5.15 Å². The second-order valence-corrected chi connectivity index (χ2v) is 5.12. The third-order valence-electron chi connectivity index (χ3n) is 2.76. The maximum Gasteiger partial charge on any atom is 0.160 e. The SMILES string of the molecule is COc1cc(F)ccc1-c1nnc(Cl)c2ccsc12. The van der Waals surface area contributed by atoms with E-state index < -0.39 is 0 Å². The topological polar surface area (TPSA) is 35.0 Å². The van der Waals surface area contributed by atoms with Gasteiger partial charge in [-0.05, 0) is 23.6 Å². The second kappa shape index (κ2) is 4.75. The molecule has 0 atom stereocenters. The van der Waals surface area contributed by atoms with Crippen molar-refractivity contribution in [3.63, 3.8) is 0 Å². The highest BCUT2D eigenvalue weighted by molar-refractivity contribution is 7.17. The van der Waals surface area contributed by atoms with Crippen molar-refractivity contribution in [3.8, 4) is 17.0 Å². The zero-order valence-corrected chi connectivity index (χ0v) is 11.4. The highest BCUT2D eigenvalue weighted by atomic mass is 35.5. The first-order chi connectivity index (χ1) is 9.20. The molecular weight excluding hydrogens is 287 g/mol. The van der Waals surface area contributed by atoms with Crippen LogP contribution in [0.25, 0.3) is 21.3 Å². The van der Waals surface area contributed by atoms with Gasteiger partial charge in [0.05, 0.1) is 11.8 Å². The first-order valence-corrected chi connectivity index (χ1v) is 6.70. The molecule has 0 aliphatic carbocycles. The van der Waals surface area contributed by atoms with Crippen molar-refractivity contribution in [3.05, 3.63) is 40.6 Å². The molecule has 0 bridgehead atoms. The number of ether oxygens (including phenoxy) is 1. The molecule has 1 aromatic carbocycles. The number of hydrogen-bond acceptors (Lipinski definition) is 4. The van der Waals surface area contributed by atoms with E-state index in [0.717, 1.165) is 10.1 Å². The smallest absolute Gasteiger partial charge is 0.160 e. The van der Waals surface area contributed by atoms with E-state index in [1.165, 1.54) is 30.6 Å². The van der Waals surface area contributed by atoms with Crippen molar-refractivity contribution in [1.29, 1.82) is 0 Å². The predicted octanol–water partition coefficient (Wildman–Crippen LogP) is 4.16. The van der Waals surface area contributed by atoms with Crippen LogP contribution in [0.1, 0.15) is 0 Å². The zero-order valence-electron chi connectivity index (χ0n) is 9.85. The van der Waals surface area contributed by atoms with Gasteiger partial charge in [0.1, 0.15) is 17.3 Å². The Bertz CT molecular complexity index is 759. The van der Waals surface area contributed by atoms with Gasteiger partial charge in [-0.2, -0.15) is 0 Å². The van der Waals surface area contributed by atoms with Gasteiger partial charge in [0.15, 0.2) is 5.15 Å². The standard InChI is InChI=1S/C13H8ClFN2OS/c1-18-10-6-7(15)2-3-8(10)11-12-9(4-5-19-12)13(14)17-16-11/h2-6H,1H3. The van der Waals surface area contributed by atoms with E-state index in [0.29, 0.717) is 22.2 Å². The van der Waals surface area contributed by atoms with Crippen molar-refractivity contribution in [1.82, 2.24) is 10.2 Å². The largest absolute Gasteiger partial charge is 0.496 e. The van der Waals surface area contributed by atoms with Gasteiger partial charge < -0.3 is 4.74 Å². The molecule has 19 heavy (non-hydrogen) atoms. The molecule has 2 heterocycles. The Morgan fingerprint density at radius 2 is 2.11 bits per heavy atom. The fraction of sp³-hybridized carbons (Fsp3) is 0.0769. The van der Waals surface area contributed by atoms with Crippen LogP contribution in [0.4, 0.5) is 4.39 Å². The molecule has 0 fully saturated rings. The minimum atomic E-state index is -0.357. The van der Waals surface area contributed by atoms with Crippen LogP contribution < -0.4 is 4.74 Å². The van der Waals surface area contributed by atoms with Crippen LogP contribution in [0.3, 0.4) is 0 Å². The van der Waals surface area contributed by atoms with Crippen LogP contribution >= 0.6 is 22.9 Å². The molecule has 0 saturated heterocycles. The van der Waals surface area contributed by atoms with E-state index in [4.69, 9.17) is 16.3 Å². The van der Waals surface area contributed by atoms with Crippen molar-refractivity contribution in [2.45, 2.75) is 0 Å². The maximum absolute atomic E-state index is 13.2. The summed E-state index contributed by atoms with van der Waals surface area (Å²) in [6.45, 7) is 0. The van der Waals surface area contributed by atoms with Crippen LogP contribution in [0.5, 0.6) is 5.75 Å². The Balaban J connectivity index is 2.30. The number of halogens is 2. The highest BCUT2D eigenvalue weighted by Gasteiger charge is 2.15. The van der Waals surface area contributed by atoms with Gasteiger partial charge in [-0.3, -0.25) is 0 Å². The summed E-state index contributed by atoms with van der Waals surface area (Å²) in [5.74, 6) is 0.0660. The Labute approximate surface area is 117 Å². The zero-order chi connectivity index (χ0) is 13.4. The normalized spacial score (nSPS) is 10.9. The lowest BCUT2D eigenvalue weighted by Crippen LogP contribution is -1.93. The third kappa shape index (κ3) is 2.05. The summed E-state index contributed by atoms with van der Waals surface area (Å²) in [6, 6.07) is 6.21. The summed E-state index contributed by atoms with van der Waals surface area (Å²) in [7, 11) is 1.49. The molecule has 0 N–H and O–H groups in total. The summed E-state index contributed by atoms with van der Waals surface area (Å²) in [4.78, 5) is 0. The van der Waals surface area contributed by atoms with Crippen molar-refractivity contribution in [2.24, 2.45) is 0 Å². The molecule has 0 saturated carbocycles. The molecule has 0 unspecified atom stereocenters. The van der Waals surface area contributed by atoms with Crippen LogP contribution in [-0.2, 0) is 0 Å². The van der Waals surface area contributed by atoms with E-state index in [2.05, 4.69) is 10.2 Å². The number of methoxy groups -OCH3 is 1. The minimum absolute atomic E-state index is 0.357. The fourth-order valence-corrected chi connectivity index (χ4v) is 3.03. The minimum Gasteiger partial charge on any atom is -0.496 e. The first kappa shape index (κ1) is 12.3. The molecule has 0 spiro atoms. The Morgan fingerprint density at radius 1 is 1.26 bits per heavy atom. The molecule has 0 aliphatic rings. The summed E-state index contributed by atoms with van der Waals surface area (Å²) in [5.41, 5.74) is 1.34. The van der Waals surface area contributed by atoms with E-state index in [-0.39, 0.29) is 5.82 Å². The second-order valence-electron chi connectivity index (χ2n) is 3.85. The van der Waals surface area contributed by atoms with Crippen LogP contribution in [0, 0.1) is 5.82 Å². The monoisotopic (exact) mass is 294 g/mol. The lowest BCUT2D eigenvalue weighted by atomic mass is 10.1. The summed E-state index contributed by atoms with van der Waals surface area (Å²) < 4.78 is 19.3. The number of nitrogens with zero attached hydrogens (tertiary/aromatic N) is 2. The molecule has 3 rings (SSSR count). The highest BCUT2D eigenvalue weighted by Crippen LogP contribution is 2.37. The van der Waals surface area contributed by atoms with E-state index in [9.17, 15) is 4.39 Å². The molecule has 3 aromatic rings. The van der Waals surface area contributed by atoms with E-state index >= 15 is 0 Å². The summed E-state index contributed by atoms with van der Waals surface area (Å²) in [6.07, 6.45) is 0. The van der Waals surface area contributed by atoms with Gasteiger partial charge in [0, 0.05) is 17.0 Å². The Kier molecular flexibility index (Phi) is 3.08. The van der Waals surface area contributed by atoms with Gasteiger partial charge in [0.25, 0.3) is 0 Å². The average molecular weight is 295 g/mol. The Hall–Kier alpha value is -1.72.